The summed E-state index contributed by atoms with van der Waals surface area (Å²) < 4.78 is 0. The Balaban J connectivity index is 1.73. The molecule has 0 unspecified atom stereocenters. The summed E-state index contributed by atoms with van der Waals surface area (Å²) in [6, 6.07) is 20.8. The van der Waals surface area contributed by atoms with Crippen LogP contribution in [0.4, 0.5) is 0 Å². The van der Waals surface area contributed by atoms with Crippen molar-refractivity contribution in [3.63, 3.8) is 0 Å². The molecule has 0 spiro atoms. The number of fused-ring (bicyclic) bond motifs is 1. The van der Waals surface area contributed by atoms with Crippen molar-refractivity contribution in [1.29, 1.82) is 0 Å². The van der Waals surface area contributed by atoms with Crippen LogP contribution in [0.2, 0.25) is 0 Å². The highest BCUT2D eigenvalue weighted by Crippen LogP contribution is 2.27. The highest BCUT2D eigenvalue weighted by molar-refractivity contribution is 7.99. The SMILES string of the molecule is Cc1cccc(C#CCSc2cccc3ccccc23)n1. The third-order valence-corrected chi connectivity index (χ3v) is 4.11. The molecule has 0 N–H and O–H groups in total. The molecule has 0 saturated carbocycles. The highest BCUT2D eigenvalue weighted by Gasteiger charge is 1.99. The number of pyridine rings is 1. The molecule has 2 aromatic carbocycles. The minimum Gasteiger partial charge on any atom is -0.245 e. The smallest absolute Gasteiger partial charge is 0.113 e. The van der Waals surface area contributed by atoms with E-state index in [4.69, 9.17) is 0 Å². The summed E-state index contributed by atoms with van der Waals surface area (Å²) in [6.45, 7) is 1.98. The number of thioether (sulfide) groups is 1. The number of benzene rings is 2. The molecule has 0 fully saturated rings. The van der Waals surface area contributed by atoms with E-state index in [1.54, 1.807) is 11.8 Å². The average Bonchev–Trinajstić information content (AvgIpc) is 2.52. The monoisotopic (exact) mass is 289 g/mol. The predicted octanol–water partition coefficient (Wildman–Crippen LogP) is 4.69. The molecule has 102 valence electrons. The van der Waals surface area contributed by atoms with Crippen LogP contribution < -0.4 is 0 Å². The van der Waals surface area contributed by atoms with E-state index in [1.165, 1.54) is 15.7 Å². The maximum atomic E-state index is 4.38. The van der Waals surface area contributed by atoms with Crippen LogP contribution in [0.5, 0.6) is 0 Å². The first kappa shape index (κ1) is 13.7. The van der Waals surface area contributed by atoms with E-state index in [1.807, 2.05) is 25.1 Å². The Morgan fingerprint density at radius 2 is 1.76 bits per heavy atom. The molecule has 0 saturated heterocycles. The van der Waals surface area contributed by atoms with Gasteiger partial charge in [-0.05, 0) is 41.8 Å². The lowest BCUT2D eigenvalue weighted by Crippen LogP contribution is -1.85. The van der Waals surface area contributed by atoms with Gasteiger partial charge in [0.25, 0.3) is 0 Å². The Morgan fingerprint density at radius 3 is 2.67 bits per heavy atom. The third-order valence-electron chi connectivity index (χ3n) is 3.15. The minimum absolute atomic E-state index is 0.767. The lowest BCUT2D eigenvalue weighted by Gasteiger charge is -2.03. The zero-order valence-corrected chi connectivity index (χ0v) is 12.7. The van der Waals surface area contributed by atoms with Crippen molar-refractivity contribution in [2.75, 3.05) is 5.75 Å². The molecule has 0 aliphatic carbocycles. The van der Waals surface area contributed by atoms with Crippen LogP contribution >= 0.6 is 11.8 Å². The van der Waals surface area contributed by atoms with Crippen LogP contribution in [0.1, 0.15) is 11.4 Å². The molecule has 0 aliphatic heterocycles. The first-order valence-electron chi connectivity index (χ1n) is 6.86. The molecule has 1 heterocycles. The van der Waals surface area contributed by atoms with Gasteiger partial charge in [-0.1, -0.05) is 48.4 Å². The van der Waals surface area contributed by atoms with Crippen LogP contribution in [0.25, 0.3) is 10.8 Å². The molecule has 1 aromatic heterocycles. The first-order chi connectivity index (χ1) is 10.3. The lowest BCUT2D eigenvalue weighted by molar-refractivity contribution is 1.18. The molecule has 3 aromatic rings. The van der Waals surface area contributed by atoms with Gasteiger partial charge in [0.15, 0.2) is 0 Å². The number of aryl methyl sites for hydroxylation is 1. The van der Waals surface area contributed by atoms with Crippen LogP contribution in [0, 0.1) is 18.8 Å². The molecule has 0 amide bonds. The zero-order chi connectivity index (χ0) is 14.5. The van der Waals surface area contributed by atoms with Crippen LogP contribution in [0.3, 0.4) is 0 Å². The van der Waals surface area contributed by atoms with Crippen molar-refractivity contribution >= 4 is 22.5 Å². The Bertz CT molecular complexity index is 822. The summed E-state index contributed by atoms with van der Waals surface area (Å²) in [5.74, 6) is 7.08. The quantitative estimate of drug-likeness (QED) is 0.501. The normalized spacial score (nSPS) is 10.1. The van der Waals surface area contributed by atoms with Gasteiger partial charge in [-0.3, -0.25) is 0 Å². The van der Waals surface area contributed by atoms with E-state index in [2.05, 4.69) is 59.3 Å². The second-order valence-electron chi connectivity index (χ2n) is 4.73. The standard InChI is InChI=1S/C19H15NS/c1-15-7-4-10-17(20-15)11-6-14-21-19-13-5-9-16-8-2-3-12-18(16)19/h2-5,7-10,12-13H,14H2,1H3. The molecule has 0 aliphatic rings. The molecule has 2 heteroatoms. The van der Waals surface area contributed by atoms with Gasteiger partial charge in [-0.15, -0.1) is 11.8 Å². The summed E-state index contributed by atoms with van der Waals surface area (Å²) in [5.41, 5.74) is 1.84. The van der Waals surface area contributed by atoms with E-state index >= 15 is 0 Å². The maximum absolute atomic E-state index is 4.38. The van der Waals surface area contributed by atoms with Gasteiger partial charge in [0.05, 0.1) is 5.75 Å². The van der Waals surface area contributed by atoms with Gasteiger partial charge in [-0.2, -0.15) is 0 Å². The van der Waals surface area contributed by atoms with E-state index in [0.29, 0.717) is 0 Å². The lowest BCUT2D eigenvalue weighted by atomic mass is 10.1. The van der Waals surface area contributed by atoms with E-state index in [0.717, 1.165) is 17.1 Å². The summed E-state index contributed by atoms with van der Waals surface area (Å²) in [4.78, 5) is 5.66. The minimum atomic E-state index is 0.767. The molecule has 21 heavy (non-hydrogen) atoms. The van der Waals surface area contributed by atoms with Gasteiger partial charge >= 0.3 is 0 Å². The van der Waals surface area contributed by atoms with Crippen LogP contribution in [0.15, 0.2) is 65.6 Å². The van der Waals surface area contributed by atoms with E-state index in [-0.39, 0.29) is 0 Å². The second-order valence-corrected chi connectivity index (χ2v) is 5.75. The van der Waals surface area contributed by atoms with Crippen molar-refractivity contribution in [2.24, 2.45) is 0 Å². The van der Waals surface area contributed by atoms with Gasteiger partial charge in [-0.25, -0.2) is 4.98 Å². The molecule has 1 nitrogen and oxygen atoms in total. The second kappa shape index (κ2) is 6.47. The van der Waals surface area contributed by atoms with Crippen molar-refractivity contribution in [1.82, 2.24) is 4.98 Å². The third kappa shape index (κ3) is 3.45. The molecule has 3 rings (SSSR count). The predicted molar refractivity (Wildman–Crippen MR) is 90.5 cm³/mol. The molecule has 0 bridgehead atoms. The van der Waals surface area contributed by atoms with Crippen molar-refractivity contribution < 1.29 is 0 Å². The molecule has 0 radical (unpaired) electrons. The summed E-state index contributed by atoms with van der Waals surface area (Å²) in [5, 5.41) is 2.57. The van der Waals surface area contributed by atoms with Gasteiger partial charge in [0.2, 0.25) is 0 Å². The molecule has 0 atom stereocenters. The van der Waals surface area contributed by atoms with Crippen LogP contribution in [-0.2, 0) is 0 Å². The summed E-state index contributed by atoms with van der Waals surface area (Å²) in [7, 11) is 0. The number of hydrogen-bond acceptors (Lipinski definition) is 2. The number of hydrogen-bond donors (Lipinski definition) is 0. The largest absolute Gasteiger partial charge is 0.245 e. The fourth-order valence-electron chi connectivity index (χ4n) is 2.17. The molecular formula is C19H15NS. The van der Waals surface area contributed by atoms with Crippen molar-refractivity contribution in [2.45, 2.75) is 11.8 Å². The fourth-order valence-corrected chi connectivity index (χ4v) is 2.99. The van der Waals surface area contributed by atoms with Crippen molar-refractivity contribution in [3.8, 4) is 11.8 Å². The summed E-state index contributed by atoms with van der Waals surface area (Å²) in [6.07, 6.45) is 0. The zero-order valence-electron chi connectivity index (χ0n) is 11.8. The highest BCUT2D eigenvalue weighted by atomic mass is 32.2. The topological polar surface area (TPSA) is 12.9 Å². The van der Waals surface area contributed by atoms with Gasteiger partial charge in [0.1, 0.15) is 5.69 Å². The Labute approximate surface area is 129 Å². The van der Waals surface area contributed by atoms with Crippen molar-refractivity contribution in [3.05, 3.63) is 72.1 Å². The maximum Gasteiger partial charge on any atom is 0.113 e. The Hall–Kier alpha value is -2.24. The van der Waals surface area contributed by atoms with E-state index in [9.17, 15) is 0 Å². The average molecular weight is 289 g/mol. The number of aromatic nitrogens is 1. The molecular weight excluding hydrogens is 274 g/mol. The first-order valence-corrected chi connectivity index (χ1v) is 7.84. The fraction of sp³-hybridized carbons (Fsp3) is 0.105. The summed E-state index contributed by atoms with van der Waals surface area (Å²) >= 11 is 1.77. The Morgan fingerprint density at radius 1 is 0.952 bits per heavy atom. The number of rotatable bonds is 2. The van der Waals surface area contributed by atoms with Crippen LogP contribution in [-0.4, -0.2) is 10.7 Å². The van der Waals surface area contributed by atoms with E-state index < -0.39 is 0 Å². The van der Waals surface area contributed by atoms with Gasteiger partial charge in [0, 0.05) is 10.6 Å². The number of nitrogens with zero attached hydrogens (tertiary/aromatic N) is 1. The van der Waals surface area contributed by atoms with Gasteiger partial charge < -0.3 is 0 Å². The Kier molecular flexibility index (Phi) is 4.23.